The third-order valence-corrected chi connectivity index (χ3v) is 4.30. The van der Waals surface area contributed by atoms with Gasteiger partial charge < -0.3 is 15.0 Å². The fourth-order valence-corrected chi connectivity index (χ4v) is 2.73. The maximum absolute atomic E-state index is 5.40. The van der Waals surface area contributed by atoms with E-state index in [-0.39, 0.29) is 0 Å². The highest BCUT2D eigenvalue weighted by atomic mass is 16.5. The largest absolute Gasteiger partial charge is 0.378 e. The van der Waals surface area contributed by atoms with E-state index in [1.807, 2.05) is 13.1 Å². The van der Waals surface area contributed by atoms with E-state index in [2.05, 4.69) is 51.6 Å². The molecule has 1 fully saturated rings. The molecule has 5 nitrogen and oxygen atoms in total. The van der Waals surface area contributed by atoms with E-state index in [0.29, 0.717) is 6.04 Å². The first-order valence-corrected chi connectivity index (χ1v) is 7.89. The van der Waals surface area contributed by atoms with Crippen molar-refractivity contribution in [2.45, 2.75) is 26.4 Å². The van der Waals surface area contributed by atoms with Gasteiger partial charge in [-0.05, 0) is 31.5 Å². The zero-order valence-electron chi connectivity index (χ0n) is 13.3. The molecular formula is C17H24N4O. The Morgan fingerprint density at radius 3 is 2.64 bits per heavy atom. The van der Waals surface area contributed by atoms with Crippen molar-refractivity contribution >= 4 is 5.69 Å². The molecule has 0 aliphatic carbocycles. The monoisotopic (exact) mass is 300 g/mol. The van der Waals surface area contributed by atoms with E-state index < -0.39 is 0 Å². The summed E-state index contributed by atoms with van der Waals surface area (Å²) in [5.74, 6) is 0. The summed E-state index contributed by atoms with van der Waals surface area (Å²) < 4.78 is 5.40. The first kappa shape index (κ1) is 15.1. The van der Waals surface area contributed by atoms with E-state index in [1.165, 1.54) is 16.8 Å². The molecule has 3 rings (SSSR count). The highest BCUT2D eigenvalue weighted by Gasteiger charge is 2.12. The molecule has 1 atom stereocenters. The van der Waals surface area contributed by atoms with Gasteiger partial charge in [-0.3, -0.25) is 5.10 Å². The molecule has 0 radical (unpaired) electrons. The second kappa shape index (κ2) is 6.94. The van der Waals surface area contributed by atoms with Crippen molar-refractivity contribution in [2.24, 2.45) is 0 Å². The molecule has 2 N–H and O–H groups in total. The summed E-state index contributed by atoms with van der Waals surface area (Å²) in [5.41, 5.74) is 4.93. The number of nitrogens with zero attached hydrogens (tertiary/aromatic N) is 2. The summed E-state index contributed by atoms with van der Waals surface area (Å²) in [4.78, 5) is 2.38. The van der Waals surface area contributed by atoms with E-state index in [4.69, 9.17) is 4.74 Å². The molecule has 1 saturated heterocycles. The molecule has 118 valence electrons. The van der Waals surface area contributed by atoms with Crippen molar-refractivity contribution in [3.05, 3.63) is 47.3 Å². The average molecular weight is 300 g/mol. The number of nitrogens with one attached hydrogen (secondary N) is 2. The lowest BCUT2D eigenvalue weighted by Gasteiger charge is -2.29. The van der Waals surface area contributed by atoms with Gasteiger partial charge in [-0.25, -0.2) is 0 Å². The molecular weight excluding hydrogens is 276 g/mol. The Balaban J connectivity index is 1.58. The van der Waals surface area contributed by atoms with Gasteiger partial charge in [0.1, 0.15) is 0 Å². The Morgan fingerprint density at radius 2 is 2.00 bits per heavy atom. The molecule has 5 heteroatoms. The first-order chi connectivity index (χ1) is 10.7. The smallest absolute Gasteiger partial charge is 0.0642 e. The van der Waals surface area contributed by atoms with Crippen LogP contribution in [0.3, 0.4) is 0 Å². The fourth-order valence-electron chi connectivity index (χ4n) is 2.73. The molecule has 0 bridgehead atoms. The number of aryl methyl sites for hydroxylation is 1. The van der Waals surface area contributed by atoms with Gasteiger partial charge in [0.05, 0.1) is 19.4 Å². The Hall–Kier alpha value is -1.85. The lowest BCUT2D eigenvalue weighted by Crippen LogP contribution is -2.36. The van der Waals surface area contributed by atoms with Crippen molar-refractivity contribution in [3.8, 4) is 0 Å². The summed E-state index contributed by atoms with van der Waals surface area (Å²) in [6.45, 7) is 8.67. The van der Waals surface area contributed by atoms with Crippen LogP contribution >= 0.6 is 0 Å². The van der Waals surface area contributed by atoms with Crippen LogP contribution in [0.4, 0.5) is 5.69 Å². The predicted octanol–water partition coefficient (Wildman–Crippen LogP) is 2.41. The molecule has 2 heterocycles. The Labute approximate surface area is 131 Å². The second-order valence-electron chi connectivity index (χ2n) is 5.81. The highest BCUT2D eigenvalue weighted by Crippen LogP contribution is 2.20. The van der Waals surface area contributed by atoms with Crippen LogP contribution in [0.1, 0.15) is 29.8 Å². The number of aromatic nitrogens is 2. The van der Waals surface area contributed by atoms with Crippen LogP contribution in [0, 0.1) is 6.92 Å². The van der Waals surface area contributed by atoms with Gasteiger partial charge in [-0.1, -0.05) is 12.1 Å². The molecule has 22 heavy (non-hydrogen) atoms. The Morgan fingerprint density at radius 1 is 1.27 bits per heavy atom. The summed E-state index contributed by atoms with van der Waals surface area (Å²) >= 11 is 0. The number of H-pyrrole nitrogens is 1. The number of hydrogen-bond donors (Lipinski definition) is 2. The third kappa shape index (κ3) is 3.48. The van der Waals surface area contributed by atoms with Gasteiger partial charge >= 0.3 is 0 Å². The summed E-state index contributed by atoms with van der Waals surface area (Å²) in [5, 5.41) is 10.6. The minimum Gasteiger partial charge on any atom is -0.378 e. The van der Waals surface area contributed by atoms with Crippen molar-refractivity contribution in [3.63, 3.8) is 0 Å². The molecule has 0 spiro atoms. The van der Waals surface area contributed by atoms with Crippen molar-refractivity contribution in [1.82, 2.24) is 15.5 Å². The van der Waals surface area contributed by atoms with Crippen LogP contribution in [-0.2, 0) is 11.3 Å². The van der Waals surface area contributed by atoms with Crippen LogP contribution in [0.25, 0.3) is 0 Å². The van der Waals surface area contributed by atoms with Gasteiger partial charge in [-0.15, -0.1) is 0 Å². The van der Waals surface area contributed by atoms with Crippen molar-refractivity contribution in [1.29, 1.82) is 0 Å². The normalized spacial score (nSPS) is 16.7. The molecule has 0 saturated carbocycles. The average Bonchev–Trinajstić information content (AvgIpc) is 2.99. The van der Waals surface area contributed by atoms with Crippen LogP contribution < -0.4 is 10.2 Å². The van der Waals surface area contributed by atoms with Crippen LogP contribution in [0.5, 0.6) is 0 Å². The molecule has 1 aliphatic heterocycles. The zero-order chi connectivity index (χ0) is 15.4. The van der Waals surface area contributed by atoms with E-state index in [9.17, 15) is 0 Å². The Kier molecular flexibility index (Phi) is 4.75. The SMILES string of the molecule is Cc1[nH]ncc1CNC(C)c1ccc(N2CCOCC2)cc1. The molecule has 1 unspecified atom stereocenters. The predicted molar refractivity (Wildman–Crippen MR) is 88.1 cm³/mol. The van der Waals surface area contributed by atoms with E-state index in [0.717, 1.165) is 38.5 Å². The van der Waals surface area contributed by atoms with Crippen LogP contribution in [0.15, 0.2) is 30.5 Å². The van der Waals surface area contributed by atoms with E-state index >= 15 is 0 Å². The lowest BCUT2D eigenvalue weighted by molar-refractivity contribution is 0.122. The number of ether oxygens (including phenoxy) is 1. The number of aromatic amines is 1. The molecule has 2 aromatic rings. The summed E-state index contributed by atoms with van der Waals surface area (Å²) in [7, 11) is 0. The van der Waals surface area contributed by atoms with Gasteiger partial charge in [0.25, 0.3) is 0 Å². The van der Waals surface area contributed by atoms with Gasteiger partial charge in [0.15, 0.2) is 0 Å². The van der Waals surface area contributed by atoms with Crippen molar-refractivity contribution < 1.29 is 4.74 Å². The number of hydrogen-bond acceptors (Lipinski definition) is 4. The topological polar surface area (TPSA) is 53.2 Å². The maximum atomic E-state index is 5.40. The molecule has 1 aromatic carbocycles. The molecule has 1 aromatic heterocycles. The quantitative estimate of drug-likeness (QED) is 0.890. The van der Waals surface area contributed by atoms with Crippen molar-refractivity contribution in [2.75, 3.05) is 31.2 Å². The third-order valence-electron chi connectivity index (χ3n) is 4.30. The van der Waals surface area contributed by atoms with Gasteiger partial charge in [0.2, 0.25) is 0 Å². The number of benzene rings is 1. The Bertz CT molecular complexity index is 587. The second-order valence-corrected chi connectivity index (χ2v) is 5.81. The van der Waals surface area contributed by atoms with Crippen LogP contribution in [0.2, 0.25) is 0 Å². The summed E-state index contributed by atoms with van der Waals surface area (Å²) in [6.07, 6.45) is 1.89. The molecule has 1 aliphatic rings. The van der Waals surface area contributed by atoms with Gasteiger partial charge in [-0.2, -0.15) is 5.10 Å². The summed E-state index contributed by atoms with van der Waals surface area (Å²) in [6, 6.07) is 9.16. The minimum absolute atomic E-state index is 0.313. The number of morpholine rings is 1. The number of anilines is 1. The number of rotatable bonds is 5. The standard InChI is InChI=1S/C17H24N4O/c1-13(18-11-16-12-19-20-14(16)2)15-3-5-17(6-4-15)21-7-9-22-10-8-21/h3-6,12-13,18H,7-11H2,1-2H3,(H,19,20). The lowest BCUT2D eigenvalue weighted by atomic mass is 10.1. The maximum Gasteiger partial charge on any atom is 0.0642 e. The van der Waals surface area contributed by atoms with Gasteiger partial charge in [0, 0.05) is 42.6 Å². The van der Waals surface area contributed by atoms with Crippen LogP contribution in [-0.4, -0.2) is 36.5 Å². The highest BCUT2D eigenvalue weighted by molar-refractivity contribution is 5.48. The zero-order valence-corrected chi connectivity index (χ0v) is 13.3. The van der Waals surface area contributed by atoms with E-state index in [1.54, 1.807) is 0 Å². The first-order valence-electron chi connectivity index (χ1n) is 7.89. The minimum atomic E-state index is 0.313. The molecule has 0 amide bonds. The fraction of sp³-hybridized carbons (Fsp3) is 0.471.